The van der Waals surface area contributed by atoms with E-state index < -0.39 is 33.6 Å². The molecule has 2 unspecified atom stereocenters. The maximum Gasteiger partial charge on any atom is 0.262 e. The highest BCUT2D eigenvalue weighted by atomic mass is 35.5. The number of nitrogens with one attached hydrogen (secondary N) is 2. The molecule has 9 nitrogen and oxygen atoms in total. The summed E-state index contributed by atoms with van der Waals surface area (Å²) in [6, 6.07) is 14.4. The normalized spacial score (nSPS) is 21.3. The van der Waals surface area contributed by atoms with Crippen LogP contribution in [0.1, 0.15) is 37.4 Å². The van der Waals surface area contributed by atoms with Crippen LogP contribution in [0.25, 0.3) is 10.1 Å². The van der Waals surface area contributed by atoms with Gasteiger partial charge in [0.15, 0.2) is 0 Å². The third-order valence-corrected chi connectivity index (χ3v) is 10.4. The van der Waals surface area contributed by atoms with Crippen molar-refractivity contribution in [1.29, 1.82) is 0 Å². The highest BCUT2D eigenvalue weighted by Gasteiger charge is 2.65. The lowest BCUT2D eigenvalue weighted by molar-refractivity contribution is -0.206. The molecule has 0 saturated carbocycles. The zero-order valence-electron chi connectivity index (χ0n) is 22.6. The molecule has 2 fully saturated rings. The van der Waals surface area contributed by atoms with E-state index in [4.69, 9.17) is 11.6 Å². The van der Waals surface area contributed by atoms with E-state index >= 15 is 0 Å². The summed E-state index contributed by atoms with van der Waals surface area (Å²) in [6.45, 7) is 7.82. The Morgan fingerprint density at radius 3 is 2.48 bits per heavy atom. The molecule has 5 rings (SSSR count). The van der Waals surface area contributed by atoms with Crippen molar-refractivity contribution in [2.45, 2.75) is 50.2 Å². The molecule has 0 radical (unpaired) electrons. The van der Waals surface area contributed by atoms with Crippen molar-refractivity contribution in [2.24, 2.45) is 5.41 Å². The predicted octanol–water partition coefficient (Wildman–Crippen LogP) is 3.49. The van der Waals surface area contributed by atoms with Gasteiger partial charge in [-0.25, -0.2) is 13.1 Å². The molecule has 3 aromatic rings. The van der Waals surface area contributed by atoms with E-state index in [-0.39, 0.29) is 40.2 Å². The predicted molar refractivity (Wildman–Crippen MR) is 155 cm³/mol. The first-order valence-corrected chi connectivity index (χ1v) is 15.5. The van der Waals surface area contributed by atoms with Crippen LogP contribution < -0.4 is 10.0 Å². The number of hydrogen-bond acceptors (Lipinski definition) is 6. The topological polar surface area (TPSA) is 116 Å². The Morgan fingerprint density at radius 1 is 1.12 bits per heavy atom. The van der Waals surface area contributed by atoms with Gasteiger partial charge in [0, 0.05) is 22.8 Å². The molecule has 2 aliphatic rings. The zero-order valence-corrected chi connectivity index (χ0v) is 25.0. The first-order chi connectivity index (χ1) is 18.7. The molecule has 40 heavy (non-hydrogen) atoms. The van der Waals surface area contributed by atoms with Gasteiger partial charge >= 0.3 is 0 Å². The van der Waals surface area contributed by atoms with Crippen LogP contribution in [-0.2, 0) is 19.6 Å². The standard InChI is InChI=1S/C28H31ClN4O5S2/c1-27(2,3)24(31-25(35)21-12-17-8-5-6-11-20(17)39-21)26(36)33-15-22-28(33,4)16-32(22)23(34)14-30-40(37,38)19-10-7-9-18(29)13-19/h5-13,22,24,30H,14-16H2,1-4H3,(H,31,35)/t22-,24?,28?/m1/s1. The molecule has 0 bridgehead atoms. The first kappa shape index (κ1) is 28.5. The smallest absolute Gasteiger partial charge is 0.262 e. The largest absolute Gasteiger partial charge is 0.339 e. The molecule has 1 aromatic heterocycles. The van der Waals surface area contributed by atoms with E-state index in [9.17, 15) is 22.8 Å². The Bertz CT molecular complexity index is 1580. The van der Waals surface area contributed by atoms with E-state index in [0.29, 0.717) is 11.4 Å². The maximum absolute atomic E-state index is 13.7. The summed E-state index contributed by atoms with van der Waals surface area (Å²) in [4.78, 5) is 43.6. The number of piperazine rings is 1. The van der Waals surface area contributed by atoms with Crippen molar-refractivity contribution in [2.75, 3.05) is 19.6 Å². The molecular weight excluding hydrogens is 572 g/mol. The number of amides is 3. The average molecular weight is 603 g/mol. The number of carbonyl (C=O) groups excluding carboxylic acids is 3. The minimum Gasteiger partial charge on any atom is -0.339 e. The Morgan fingerprint density at radius 2 is 1.85 bits per heavy atom. The Hall–Kier alpha value is -2.99. The molecule has 3 atom stereocenters. The van der Waals surface area contributed by atoms with Crippen molar-refractivity contribution < 1.29 is 22.8 Å². The second-order valence-corrected chi connectivity index (χ2v) is 14.8. The molecule has 212 valence electrons. The first-order valence-electron chi connectivity index (χ1n) is 12.9. The fourth-order valence-corrected chi connectivity index (χ4v) is 7.53. The number of thiophene rings is 1. The number of rotatable bonds is 7. The fraction of sp³-hybridized carbons (Fsp3) is 0.393. The van der Waals surface area contributed by atoms with Crippen LogP contribution in [0, 0.1) is 5.41 Å². The van der Waals surface area contributed by atoms with Gasteiger partial charge in [0.2, 0.25) is 21.8 Å². The van der Waals surface area contributed by atoms with Crippen LogP contribution in [0.3, 0.4) is 0 Å². The fourth-order valence-electron chi connectivity index (χ4n) is 5.29. The molecule has 3 heterocycles. The molecular formula is C28H31ClN4O5S2. The molecule has 2 aliphatic heterocycles. The lowest BCUT2D eigenvalue weighted by atomic mass is 9.70. The molecule has 12 heteroatoms. The van der Waals surface area contributed by atoms with Gasteiger partial charge in [-0.2, -0.15) is 0 Å². The maximum atomic E-state index is 13.7. The van der Waals surface area contributed by atoms with Crippen LogP contribution >= 0.6 is 22.9 Å². The number of carbonyl (C=O) groups is 3. The summed E-state index contributed by atoms with van der Waals surface area (Å²) in [5, 5.41) is 4.22. The van der Waals surface area contributed by atoms with E-state index in [1.807, 2.05) is 58.0 Å². The molecule has 3 amide bonds. The molecule has 0 aliphatic carbocycles. The van der Waals surface area contributed by atoms with E-state index in [1.54, 1.807) is 15.9 Å². The van der Waals surface area contributed by atoms with E-state index in [0.717, 1.165) is 10.1 Å². The van der Waals surface area contributed by atoms with Crippen molar-refractivity contribution in [3.8, 4) is 0 Å². The van der Waals surface area contributed by atoms with Gasteiger partial charge in [-0.3, -0.25) is 14.4 Å². The van der Waals surface area contributed by atoms with Gasteiger partial charge in [-0.05, 0) is 48.1 Å². The van der Waals surface area contributed by atoms with E-state index in [2.05, 4.69) is 10.0 Å². The summed E-state index contributed by atoms with van der Waals surface area (Å²) < 4.78 is 28.5. The molecule has 0 spiro atoms. The number of hydrogen-bond donors (Lipinski definition) is 2. The third kappa shape index (κ3) is 5.11. The number of sulfonamides is 1. The SMILES string of the molecule is CC(C)(C)C(NC(=O)c1cc2ccccc2s1)C(=O)N1C[C@H]2N(C(=O)CNS(=O)(=O)c3cccc(Cl)c3)CC21C. The van der Waals surface area contributed by atoms with Crippen molar-refractivity contribution in [3.63, 3.8) is 0 Å². The second kappa shape index (κ2) is 10.1. The number of likely N-dealkylation sites (tertiary alicyclic amines) is 2. The van der Waals surface area contributed by atoms with Crippen molar-refractivity contribution >= 4 is 60.8 Å². The van der Waals surface area contributed by atoms with Crippen molar-refractivity contribution in [1.82, 2.24) is 19.8 Å². The van der Waals surface area contributed by atoms with Crippen LogP contribution in [-0.4, -0.2) is 73.2 Å². The summed E-state index contributed by atoms with van der Waals surface area (Å²) in [5.41, 5.74) is -1.13. The second-order valence-electron chi connectivity index (χ2n) is 11.5. The molecule has 2 N–H and O–H groups in total. The van der Waals surface area contributed by atoms with Gasteiger partial charge in [0.1, 0.15) is 6.04 Å². The number of benzene rings is 2. The number of halogens is 1. The van der Waals surface area contributed by atoms with Crippen LogP contribution in [0.5, 0.6) is 0 Å². The van der Waals surface area contributed by atoms with Crippen molar-refractivity contribution in [3.05, 3.63) is 64.5 Å². The Labute approximate surface area is 242 Å². The lowest BCUT2D eigenvalue weighted by Gasteiger charge is -2.69. The summed E-state index contributed by atoms with van der Waals surface area (Å²) >= 11 is 7.28. The third-order valence-electron chi connectivity index (χ3n) is 7.70. The van der Waals surface area contributed by atoms with Crippen LogP contribution in [0.4, 0.5) is 0 Å². The van der Waals surface area contributed by atoms with Gasteiger partial charge in [0.05, 0.1) is 27.9 Å². The Kier molecular flexibility index (Phi) is 7.23. The highest BCUT2D eigenvalue weighted by molar-refractivity contribution is 7.89. The Balaban J connectivity index is 1.22. The zero-order chi connectivity index (χ0) is 29.0. The quantitative estimate of drug-likeness (QED) is 0.430. The average Bonchev–Trinajstić information content (AvgIpc) is 3.33. The number of fused-ring (bicyclic) bond motifs is 2. The van der Waals surface area contributed by atoms with Gasteiger partial charge < -0.3 is 15.1 Å². The van der Waals surface area contributed by atoms with Crippen LogP contribution in [0.15, 0.2) is 59.5 Å². The van der Waals surface area contributed by atoms with E-state index in [1.165, 1.54) is 29.5 Å². The summed E-state index contributed by atoms with van der Waals surface area (Å²) in [5.74, 6) is -0.866. The minimum atomic E-state index is -3.90. The minimum absolute atomic E-state index is 0.0208. The van der Waals surface area contributed by atoms with Gasteiger partial charge in [0.25, 0.3) is 5.91 Å². The summed E-state index contributed by atoms with van der Waals surface area (Å²) in [6.07, 6.45) is 0. The lowest BCUT2D eigenvalue weighted by Crippen LogP contribution is -2.89. The molecule has 2 saturated heterocycles. The molecule has 2 aromatic carbocycles. The van der Waals surface area contributed by atoms with Crippen LogP contribution in [0.2, 0.25) is 5.02 Å². The monoisotopic (exact) mass is 602 g/mol. The highest BCUT2D eigenvalue weighted by Crippen LogP contribution is 2.45. The van der Waals surface area contributed by atoms with Gasteiger partial charge in [-0.1, -0.05) is 56.6 Å². The number of nitrogens with zero attached hydrogens (tertiary/aromatic N) is 2. The van der Waals surface area contributed by atoms with Gasteiger partial charge in [-0.15, -0.1) is 11.3 Å². The summed E-state index contributed by atoms with van der Waals surface area (Å²) in [7, 11) is -3.90.